The van der Waals surface area contributed by atoms with Crippen LogP contribution in [0.25, 0.3) is 10.9 Å². The highest BCUT2D eigenvalue weighted by atomic mass is 15.1. The number of nitrogens with zero attached hydrogens (tertiary/aromatic N) is 2. The Morgan fingerprint density at radius 2 is 1.70 bits per heavy atom. The number of pyridine rings is 1. The van der Waals surface area contributed by atoms with Crippen molar-refractivity contribution in [2.75, 3.05) is 17.7 Å². The topological polar surface area (TPSA) is 42.1 Å². The normalized spacial score (nSPS) is 10.7. The molecule has 1 heterocycles. The van der Waals surface area contributed by atoms with Gasteiger partial charge in [-0.25, -0.2) is 0 Å². The number of fused-ring (bicyclic) bond motifs is 1. The van der Waals surface area contributed by atoms with Gasteiger partial charge in [0.15, 0.2) is 0 Å². The van der Waals surface area contributed by atoms with Crippen LogP contribution in [0.2, 0.25) is 0 Å². The molecule has 0 saturated heterocycles. The molecule has 3 nitrogen and oxygen atoms in total. The smallest absolute Gasteiger partial charge is 0.0745 e. The summed E-state index contributed by atoms with van der Waals surface area (Å²) in [6.45, 7) is 0.818. The molecule has 0 fully saturated rings. The molecular formula is C17H17N3. The van der Waals surface area contributed by atoms with Gasteiger partial charge in [-0.15, -0.1) is 0 Å². The van der Waals surface area contributed by atoms with Crippen LogP contribution in [0.1, 0.15) is 5.56 Å². The van der Waals surface area contributed by atoms with E-state index < -0.39 is 0 Å². The molecule has 0 spiro atoms. The summed E-state index contributed by atoms with van der Waals surface area (Å²) in [4.78, 5) is 6.55. The van der Waals surface area contributed by atoms with Crippen molar-refractivity contribution in [3.05, 3.63) is 66.4 Å². The molecule has 2 aromatic carbocycles. The maximum Gasteiger partial charge on any atom is 0.0745 e. The van der Waals surface area contributed by atoms with E-state index in [0.717, 1.165) is 23.1 Å². The third-order valence-electron chi connectivity index (χ3n) is 3.42. The average Bonchev–Trinajstić information content (AvgIpc) is 2.48. The van der Waals surface area contributed by atoms with Crippen LogP contribution in [-0.2, 0) is 6.54 Å². The van der Waals surface area contributed by atoms with E-state index in [2.05, 4.69) is 47.3 Å². The van der Waals surface area contributed by atoms with E-state index in [0.29, 0.717) is 5.69 Å². The van der Waals surface area contributed by atoms with E-state index in [9.17, 15) is 0 Å². The highest BCUT2D eigenvalue weighted by Gasteiger charge is 2.11. The van der Waals surface area contributed by atoms with Crippen molar-refractivity contribution < 1.29 is 0 Å². The largest absolute Gasteiger partial charge is 0.396 e. The molecule has 0 aliphatic carbocycles. The second-order valence-corrected chi connectivity index (χ2v) is 4.92. The highest BCUT2D eigenvalue weighted by molar-refractivity contribution is 5.97. The first-order valence-corrected chi connectivity index (χ1v) is 6.64. The molecule has 1 aromatic heterocycles. The summed E-state index contributed by atoms with van der Waals surface area (Å²) in [6.07, 6.45) is 1.74. The van der Waals surface area contributed by atoms with Crippen molar-refractivity contribution >= 4 is 22.3 Å². The zero-order valence-electron chi connectivity index (χ0n) is 11.5. The van der Waals surface area contributed by atoms with Crippen LogP contribution in [0.3, 0.4) is 0 Å². The number of aromatic nitrogens is 1. The molecular weight excluding hydrogens is 246 g/mol. The Hall–Kier alpha value is -2.55. The van der Waals surface area contributed by atoms with Crippen LogP contribution in [0.4, 0.5) is 11.4 Å². The molecule has 0 atom stereocenters. The molecule has 2 N–H and O–H groups in total. The molecule has 3 rings (SSSR count). The second kappa shape index (κ2) is 5.21. The maximum atomic E-state index is 6.14. The lowest BCUT2D eigenvalue weighted by atomic mass is 10.1. The van der Waals surface area contributed by atoms with Crippen molar-refractivity contribution in [3.8, 4) is 0 Å². The van der Waals surface area contributed by atoms with Gasteiger partial charge in [0.2, 0.25) is 0 Å². The Morgan fingerprint density at radius 3 is 2.50 bits per heavy atom. The van der Waals surface area contributed by atoms with Crippen LogP contribution >= 0.6 is 0 Å². The fourth-order valence-corrected chi connectivity index (χ4v) is 2.50. The van der Waals surface area contributed by atoms with Gasteiger partial charge >= 0.3 is 0 Å². The molecule has 0 aliphatic rings. The molecule has 0 unspecified atom stereocenters. The number of nitrogens with two attached hydrogens (primary N) is 1. The summed E-state index contributed by atoms with van der Waals surface area (Å²) >= 11 is 0. The summed E-state index contributed by atoms with van der Waals surface area (Å²) in [5, 5.41) is 1.09. The predicted molar refractivity (Wildman–Crippen MR) is 84.7 cm³/mol. The molecule has 100 valence electrons. The second-order valence-electron chi connectivity index (χ2n) is 4.92. The van der Waals surface area contributed by atoms with Gasteiger partial charge in [-0.3, -0.25) is 4.98 Å². The monoisotopic (exact) mass is 263 g/mol. The lowest BCUT2D eigenvalue weighted by molar-refractivity contribution is 0.928. The SMILES string of the molecule is CN(Cc1ccccc1)c1c(N)cnc2ccccc12. The number of benzene rings is 2. The predicted octanol–water partition coefficient (Wildman–Crippen LogP) is 3.45. The Kier molecular flexibility index (Phi) is 3.25. The van der Waals surface area contributed by atoms with E-state index >= 15 is 0 Å². The molecule has 0 radical (unpaired) electrons. The van der Waals surface area contributed by atoms with Crippen molar-refractivity contribution in [1.29, 1.82) is 0 Å². The van der Waals surface area contributed by atoms with Crippen molar-refractivity contribution in [1.82, 2.24) is 4.98 Å². The standard InChI is InChI=1S/C17H17N3/c1-20(12-13-7-3-2-4-8-13)17-14-9-5-6-10-16(14)19-11-15(17)18/h2-11H,12,18H2,1H3. The summed E-state index contributed by atoms with van der Waals surface area (Å²) in [5.41, 5.74) is 10.1. The minimum absolute atomic E-state index is 0.710. The number of rotatable bonds is 3. The van der Waals surface area contributed by atoms with E-state index in [1.807, 2.05) is 24.3 Å². The lowest BCUT2D eigenvalue weighted by Crippen LogP contribution is -2.18. The highest BCUT2D eigenvalue weighted by Crippen LogP contribution is 2.31. The summed E-state index contributed by atoms with van der Waals surface area (Å²) in [5.74, 6) is 0. The third-order valence-corrected chi connectivity index (χ3v) is 3.42. The molecule has 0 saturated carbocycles. The molecule has 0 amide bonds. The van der Waals surface area contributed by atoms with E-state index in [1.54, 1.807) is 6.20 Å². The zero-order chi connectivity index (χ0) is 13.9. The van der Waals surface area contributed by atoms with Gasteiger partial charge in [-0.05, 0) is 11.6 Å². The first-order valence-electron chi connectivity index (χ1n) is 6.64. The van der Waals surface area contributed by atoms with Crippen molar-refractivity contribution in [2.24, 2.45) is 0 Å². The van der Waals surface area contributed by atoms with Crippen LogP contribution in [-0.4, -0.2) is 12.0 Å². The van der Waals surface area contributed by atoms with Gasteiger partial charge in [0.1, 0.15) is 0 Å². The number of nitrogen functional groups attached to an aromatic ring is 1. The first kappa shape index (κ1) is 12.5. The minimum Gasteiger partial charge on any atom is -0.396 e. The molecule has 3 aromatic rings. The maximum absolute atomic E-state index is 6.14. The van der Waals surface area contributed by atoms with Crippen LogP contribution in [0.5, 0.6) is 0 Å². The quantitative estimate of drug-likeness (QED) is 0.787. The van der Waals surface area contributed by atoms with Gasteiger partial charge in [-0.1, -0.05) is 48.5 Å². The van der Waals surface area contributed by atoms with Crippen molar-refractivity contribution in [3.63, 3.8) is 0 Å². The molecule has 0 aliphatic heterocycles. The Labute approximate surface area is 118 Å². The summed E-state index contributed by atoms with van der Waals surface area (Å²) in [6, 6.07) is 18.5. The van der Waals surface area contributed by atoms with Crippen LogP contribution < -0.4 is 10.6 Å². The number of hydrogen-bond donors (Lipinski definition) is 1. The van der Waals surface area contributed by atoms with Gasteiger partial charge in [-0.2, -0.15) is 0 Å². The van der Waals surface area contributed by atoms with E-state index in [1.165, 1.54) is 5.56 Å². The number of hydrogen-bond acceptors (Lipinski definition) is 3. The number of anilines is 2. The fourth-order valence-electron chi connectivity index (χ4n) is 2.50. The Balaban J connectivity index is 2.03. The van der Waals surface area contributed by atoms with Gasteiger partial charge < -0.3 is 10.6 Å². The molecule has 3 heteroatoms. The van der Waals surface area contributed by atoms with Crippen molar-refractivity contribution in [2.45, 2.75) is 6.54 Å². The summed E-state index contributed by atoms with van der Waals surface area (Å²) in [7, 11) is 2.06. The minimum atomic E-state index is 0.710. The molecule has 20 heavy (non-hydrogen) atoms. The zero-order valence-corrected chi connectivity index (χ0v) is 11.5. The van der Waals surface area contributed by atoms with Crippen LogP contribution in [0.15, 0.2) is 60.8 Å². The van der Waals surface area contributed by atoms with E-state index in [4.69, 9.17) is 5.73 Å². The average molecular weight is 263 g/mol. The molecule has 0 bridgehead atoms. The third kappa shape index (κ3) is 2.30. The van der Waals surface area contributed by atoms with Gasteiger partial charge in [0.05, 0.1) is 23.1 Å². The Morgan fingerprint density at radius 1 is 1.00 bits per heavy atom. The number of para-hydroxylation sites is 1. The van der Waals surface area contributed by atoms with E-state index in [-0.39, 0.29) is 0 Å². The van der Waals surface area contributed by atoms with Gasteiger partial charge in [0.25, 0.3) is 0 Å². The van der Waals surface area contributed by atoms with Crippen LogP contribution in [0, 0.1) is 0 Å². The first-order chi connectivity index (χ1) is 9.75. The van der Waals surface area contributed by atoms with Gasteiger partial charge in [0, 0.05) is 19.0 Å². The summed E-state index contributed by atoms with van der Waals surface area (Å²) < 4.78 is 0. The Bertz CT molecular complexity index is 723. The lowest BCUT2D eigenvalue weighted by Gasteiger charge is -2.22. The fraction of sp³-hybridized carbons (Fsp3) is 0.118.